The van der Waals surface area contributed by atoms with Crippen LogP contribution in [0.3, 0.4) is 0 Å². The van der Waals surface area contributed by atoms with Gasteiger partial charge in [-0.25, -0.2) is 0 Å². The van der Waals surface area contributed by atoms with Gasteiger partial charge in [0.2, 0.25) is 0 Å². The molecular formula is C4H3N2NaO3. The standard InChI is InChI=1S/C4H4N2O3.Na/c7-3-1-2(4(8)9)5-6-3;/h1H,(H,8,9)(H2,5,6,7);/q;+1/p-1. The van der Waals surface area contributed by atoms with Gasteiger partial charge in [0.1, 0.15) is 0 Å². The molecule has 1 aromatic heterocycles. The first-order chi connectivity index (χ1) is 4.20. The summed E-state index contributed by atoms with van der Waals surface area (Å²) >= 11 is 0. The van der Waals surface area contributed by atoms with Crippen molar-refractivity contribution in [1.82, 2.24) is 10.2 Å². The van der Waals surface area contributed by atoms with E-state index in [0.717, 1.165) is 6.07 Å². The first-order valence-electron chi connectivity index (χ1n) is 2.19. The summed E-state index contributed by atoms with van der Waals surface area (Å²) in [4.78, 5) is 20.1. The molecule has 0 saturated heterocycles. The number of carboxylic acids is 1. The largest absolute Gasteiger partial charge is 1.00 e. The molecule has 0 aromatic carbocycles. The Hall–Kier alpha value is -0.520. The normalized spacial score (nSPS) is 8.40. The molecule has 0 spiro atoms. The Labute approximate surface area is 77.7 Å². The third-order valence-electron chi connectivity index (χ3n) is 0.816. The van der Waals surface area contributed by atoms with Crippen molar-refractivity contribution >= 4 is 5.97 Å². The van der Waals surface area contributed by atoms with Crippen LogP contribution in [0.4, 0.5) is 0 Å². The summed E-state index contributed by atoms with van der Waals surface area (Å²) < 4.78 is 0. The molecule has 2 N–H and O–H groups in total. The first kappa shape index (κ1) is 9.48. The van der Waals surface area contributed by atoms with Crippen LogP contribution in [-0.2, 0) is 0 Å². The Morgan fingerprint density at radius 3 is 2.30 bits per heavy atom. The van der Waals surface area contributed by atoms with Crippen molar-refractivity contribution < 1.29 is 39.5 Å². The van der Waals surface area contributed by atoms with Crippen LogP contribution in [-0.4, -0.2) is 16.2 Å². The minimum atomic E-state index is -1.40. The third-order valence-corrected chi connectivity index (χ3v) is 0.816. The quantitative estimate of drug-likeness (QED) is 0.393. The Bertz CT molecular complexity index is 276. The second kappa shape index (κ2) is 3.60. The number of carbonyl (C=O) groups excluding carboxylic acids is 1. The molecule has 0 bridgehead atoms. The maximum Gasteiger partial charge on any atom is 1.00 e. The molecule has 1 aromatic rings. The number of aromatic nitrogens is 2. The molecule has 0 radical (unpaired) electrons. The van der Waals surface area contributed by atoms with E-state index in [2.05, 4.69) is 5.10 Å². The number of aromatic carboxylic acids is 1. The molecule has 0 atom stereocenters. The van der Waals surface area contributed by atoms with Crippen LogP contribution in [0.2, 0.25) is 0 Å². The fraction of sp³-hybridized carbons (Fsp3) is 0. The van der Waals surface area contributed by atoms with Gasteiger partial charge in [0.05, 0.1) is 11.7 Å². The van der Waals surface area contributed by atoms with Gasteiger partial charge in [-0.05, 0) is 0 Å². The number of hydrogen-bond donors (Lipinski definition) is 2. The van der Waals surface area contributed by atoms with Gasteiger partial charge in [-0.1, -0.05) is 0 Å². The smallest absolute Gasteiger partial charge is 0.543 e. The van der Waals surface area contributed by atoms with Gasteiger partial charge in [-0.15, -0.1) is 0 Å². The van der Waals surface area contributed by atoms with E-state index in [1.807, 2.05) is 5.10 Å². The number of hydrogen-bond acceptors (Lipinski definition) is 3. The van der Waals surface area contributed by atoms with Gasteiger partial charge in [0.15, 0.2) is 0 Å². The maximum atomic E-state index is 10.2. The van der Waals surface area contributed by atoms with E-state index in [-0.39, 0.29) is 35.3 Å². The van der Waals surface area contributed by atoms with Gasteiger partial charge in [-0.2, -0.15) is 0 Å². The zero-order valence-electron chi connectivity index (χ0n) is 5.30. The Morgan fingerprint density at radius 2 is 2.10 bits per heavy atom. The van der Waals surface area contributed by atoms with Crippen LogP contribution in [0.5, 0.6) is 0 Å². The summed E-state index contributed by atoms with van der Waals surface area (Å²) in [5, 5.41) is 14.1. The monoisotopic (exact) mass is 150 g/mol. The second-order valence-corrected chi connectivity index (χ2v) is 1.46. The fourth-order valence-corrected chi connectivity index (χ4v) is 0.442. The molecule has 1 rings (SSSR count). The summed E-state index contributed by atoms with van der Waals surface area (Å²) in [5.74, 6) is -1.40. The molecule has 0 saturated carbocycles. The van der Waals surface area contributed by atoms with Gasteiger partial charge < -0.3 is 9.90 Å². The van der Waals surface area contributed by atoms with E-state index in [9.17, 15) is 14.7 Å². The molecule has 0 aliphatic rings. The SMILES string of the molecule is O=C([O-])c1cc(=O)[nH][nH]1.[Na+]. The molecule has 0 aliphatic heterocycles. The molecule has 48 valence electrons. The summed E-state index contributed by atoms with van der Waals surface area (Å²) in [6.07, 6.45) is 0. The van der Waals surface area contributed by atoms with Gasteiger partial charge in [0, 0.05) is 6.07 Å². The minimum absolute atomic E-state index is 0. The summed E-state index contributed by atoms with van der Waals surface area (Å²) in [6.45, 7) is 0. The molecule has 0 fully saturated rings. The molecule has 5 nitrogen and oxygen atoms in total. The zero-order chi connectivity index (χ0) is 6.85. The number of carbonyl (C=O) groups is 1. The molecule has 0 aliphatic carbocycles. The van der Waals surface area contributed by atoms with Gasteiger partial charge >= 0.3 is 29.6 Å². The Morgan fingerprint density at radius 1 is 1.50 bits per heavy atom. The van der Waals surface area contributed by atoms with Gasteiger partial charge in [-0.3, -0.25) is 15.0 Å². The third kappa shape index (κ3) is 2.02. The summed E-state index contributed by atoms with van der Waals surface area (Å²) in [7, 11) is 0. The van der Waals surface area contributed by atoms with Gasteiger partial charge in [0.25, 0.3) is 5.56 Å². The van der Waals surface area contributed by atoms with Crippen LogP contribution < -0.4 is 40.2 Å². The summed E-state index contributed by atoms with van der Waals surface area (Å²) in [6, 6.07) is 0.912. The molecular weight excluding hydrogens is 147 g/mol. The average molecular weight is 150 g/mol. The maximum absolute atomic E-state index is 10.2. The fourth-order valence-electron chi connectivity index (χ4n) is 0.442. The Kier molecular flexibility index (Phi) is 3.41. The molecule has 0 amide bonds. The average Bonchev–Trinajstić information content (AvgIpc) is 2.14. The topological polar surface area (TPSA) is 88.8 Å². The van der Waals surface area contributed by atoms with Crippen LogP contribution in [0.15, 0.2) is 10.9 Å². The van der Waals surface area contributed by atoms with Crippen molar-refractivity contribution in [3.63, 3.8) is 0 Å². The second-order valence-electron chi connectivity index (χ2n) is 1.46. The van der Waals surface area contributed by atoms with E-state index < -0.39 is 11.5 Å². The van der Waals surface area contributed by atoms with Crippen LogP contribution in [0, 0.1) is 0 Å². The van der Waals surface area contributed by atoms with Crippen molar-refractivity contribution in [2.45, 2.75) is 0 Å². The predicted molar refractivity (Wildman–Crippen MR) is 25.7 cm³/mol. The first-order valence-corrected chi connectivity index (χ1v) is 2.19. The summed E-state index contributed by atoms with van der Waals surface area (Å²) in [5.41, 5.74) is -0.714. The minimum Gasteiger partial charge on any atom is -0.543 e. The molecule has 6 heteroatoms. The van der Waals surface area contributed by atoms with E-state index in [1.54, 1.807) is 0 Å². The van der Waals surface area contributed by atoms with Crippen LogP contribution in [0.1, 0.15) is 10.5 Å². The number of nitrogens with one attached hydrogen (secondary N) is 2. The van der Waals surface area contributed by atoms with Crippen molar-refractivity contribution in [3.8, 4) is 0 Å². The van der Waals surface area contributed by atoms with Crippen molar-refractivity contribution in [3.05, 3.63) is 22.1 Å². The predicted octanol–water partition coefficient (Wildman–Crippen LogP) is -4.93. The zero-order valence-corrected chi connectivity index (χ0v) is 7.30. The Balaban J connectivity index is 0.000000810. The van der Waals surface area contributed by atoms with E-state index in [1.165, 1.54) is 0 Å². The van der Waals surface area contributed by atoms with Crippen molar-refractivity contribution in [2.75, 3.05) is 0 Å². The number of rotatable bonds is 1. The van der Waals surface area contributed by atoms with E-state index in [0.29, 0.717) is 0 Å². The number of carboxylic acid groups (broad SMARTS) is 1. The van der Waals surface area contributed by atoms with Crippen molar-refractivity contribution in [1.29, 1.82) is 0 Å². The number of H-pyrrole nitrogens is 2. The van der Waals surface area contributed by atoms with E-state index in [4.69, 9.17) is 0 Å². The molecule has 0 unspecified atom stereocenters. The van der Waals surface area contributed by atoms with Crippen LogP contribution in [0.25, 0.3) is 0 Å². The van der Waals surface area contributed by atoms with E-state index >= 15 is 0 Å². The molecule has 1 heterocycles. The van der Waals surface area contributed by atoms with Crippen molar-refractivity contribution in [2.24, 2.45) is 0 Å². The number of aromatic amines is 2. The molecule has 10 heavy (non-hydrogen) atoms. The van der Waals surface area contributed by atoms with Crippen LogP contribution >= 0.6 is 0 Å².